The summed E-state index contributed by atoms with van der Waals surface area (Å²) in [7, 11) is 3.37. The fraction of sp³-hybridized carbons (Fsp3) is 0.133. The fourth-order valence-corrected chi connectivity index (χ4v) is 2.18. The van der Waals surface area contributed by atoms with Crippen molar-refractivity contribution in [3.05, 3.63) is 42.6 Å². The third-order valence-corrected chi connectivity index (χ3v) is 3.18. The van der Waals surface area contributed by atoms with Crippen LogP contribution in [-0.2, 0) is 0 Å². The molecule has 106 valence electrons. The summed E-state index contributed by atoms with van der Waals surface area (Å²) >= 11 is 0. The van der Waals surface area contributed by atoms with Gasteiger partial charge in [-0.05, 0) is 24.3 Å². The van der Waals surface area contributed by atoms with Gasteiger partial charge in [0.15, 0.2) is 0 Å². The van der Waals surface area contributed by atoms with Crippen LogP contribution in [0.25, 0.3) is 22.2 Å². The van der Waals surface area contributed by atoms with Gasteiger partial charge in [-0.1, -0.05) is 0 Å². The predicted octanol–water partition coefficient (Wildman–Crippen LogP) is 2.88. The van der Waals surface area contributed by atoms with Crippen molar-refractivity contribution in [1.82, 2.24) is 15.0 Å². The van der Waals surface area contributed by atoms with Gasteiger partial charge in [0, 0.05) is 18.0 Å². The van der Waals surface area contributed by atoms with Gasteiger partial charge in [-0.15, -0.1) is 0 Å². The molecule has 0 atom stereocenters. The average Bonchev–Trinajstić information content (AvgIpc) is 2.53. The van der Waals surface area contributed by atoms with E-state index in [1.807, 2.05) is 12.1 Å². The molecule has 0 fully saturated rings. The number of nitrogens with one attached hydrogen (secondary N) is 1. The Morgan fingerprint density at radius 2 is 2.00 bits per heavy atom. The van der Waals surface area contributed by atoms with Gasteiger partial charge < -0.3 is 10.1 Å². The van der Waals surface area contributed by atoms with Crippen molar-refractivity contribution in [3.8, 4) is 17.0 Å². The van der Waals surface area contributed by atoms with Crippen LogP contribution < -0.4 is 10.1 Å². The van der Waals surface area contributed by atoms with Gasteiger partial charge in [-0.3, -0.25) is 4.98 Å². The van der Waals surface area contributed by atoms with Gasteiger partial charge in [-0.25, -0.2) is 14.4 Å². The molecule has 3 rings (SSSR count). The van der Waals surface area contributed by atoms with Crippen LogP contribution in [0.5, 0.6) is 5.75 Å². The zero-order valence-electron chi connectivity index (χ0n) is 11.6. The van der Waals surface area contributed by atoms with Crippen LogP contribution in [0.3, 0.4) is 0 Å². The minimum atomic E-state index is -0.370. The molecule has 0 bridgehead atoms. The number of rotatable bonds is 3. The van der Waals surface area contributed by atoms with Crippen LogP contribution in [0.2, 0.25) is 0 Å². The van der Waals surface area contributed by atoms with Crippen molar-refractivity contribution in [2.45, 2.75) is 0 Å². The maximum Gasteiger partial charge on any atom is 0.145 e. The highest BCUT2D eigenvalue weighted by molar-refractivity contribution is 5.96. The van der Waals surface area contributed by atoms with E-state index in [1.165, 1.54) is 18.6 Å². The molecule has 1 N–H and O–H groups in total. The highest BCUT2D eigenvalue weighted by atomic mass is 19.1. The molecule has 0 aliphatic rings. The minimum absolute atomic E-state index is 0.370. The van der Waals surface area contributed by atoms with Crippen LogP contribution in [0.4, 0.5) is 10.2 Å². The Morgan fingerprint density at radius 3 is 2.67 bits per heavy atom. The van der Waals surface area contributed by atoms with Gasteiger partial charge in [-0.2, -0.15) is 0 Å². The molecular formula is C15H13FN4O. The second-order valence-electron chi connectivity index (χ2n) is 4.41. The van der Waals surface area contributed by atoms with Crippen LogP contribution in [0.1, 0.15) is 0 Å². The molecule has 6 heteroatoms. The Hall–Kier alpha value is -2.76. The Labute approximate surface area is 120 Å². The normalized spacial score (nSPS) is 10.6. The zero-order valence-corrected chi connectivity index (χ0v) is 11.6. The van der Waals surface area contributed by atoms with E-state index in [0.717, 1.165) is 10.9 Å². The molecule has 5 nitrogen and oxygen atoms in total. The molecule has 0 aliphatic heterocycles. The summed E-state index contributed by atoms with van der Waals surface area (Å²) in [6, 6.07) is 6.73. The number of aromatic nitrogens is 3. The molecule has 0 saturated carbocycles. The SMILES string of the molecule is CNc1ncnc2c(OC)cc(-c3ccc(F)cn3)cc12. The van der Waals surface area contributed by atoms with Crippen LogP contribution in [0.15, 0.2) is 36.8 Å². The van der Waals surface area contributed by atoms with Crippen molar-refractivity contribution in [2.75, 3.05) is 19.5 Å². The van der Waals surface area contributed by atoms with Gasteiger partial charge in [0.2, 0.25) is 0 Å². The lowest BCUT2D eigenvalue weighted by Crippen LogP contribution is -1.97. The van der Waals surface area contributed by atoms with Crippen LogP contribution >= 0.6 is 0 Å². The van der Waals surface area contributed by atoms with E-state index in [-0.39, 0.29) is 5.82 Å². The maximum absolute atomic E-state index is 13.0. The Balaban J connectivity index is 2.27. The van der Waals surface area contributed by atoms with Crippen molar-refractivity contribution in [1.29, 1.82) is 0 Å². The second-order valence-corrected chi connectivity index (χ2v) is 4.41. The lowest BCUT2D eigenvalue weighted by molar-refractivity contribution is 0.419. The number of nitrogens with zero attached hydrogens (tertiary/aromatic N) is 3. The van der Waals surface area contributed by atoms with E-state index in [9.17, 15) is 4.39 Å². The maximum atomic E-state index is 13.0. The van der Waals surface area contributed by atoms with Gasteiger partial charge in [0.25, 0.3) is 0 Å². The molecule has 2 heterocycles. The second kappa shape index (κ2) is 5.32. The molecular weight excluding hydrogens is 271 g/mol. The molecule has 0 saturated heterocycles. The summed E-state index contributed by atoms with van der Waals surface area (Å²) in [6.45, 7) is 0. The molecule has 0 aliphatic carbocycles. The van der Waals surface area contributed by atoms with Crippen LogP contribution in [-0.4, -0.2) is 29.1 Å². The number of fused-ring (bicyclic) bond motifs is 1. The molecule has 1 aromatic carbocycles. The lowest BCUT2D eigenvalue weighted by Gasteiger charge is -2.10. The minimum Gasteiger partial charge on any atom is -0.494 e. The molecule has 2 aromatic heterocycles. The number of ether oxygens (including phenoxy) is 1. The first-order valence-corrected chi connectivity index (χ1v) is 6.35. The summed E-state index contributed by atoms with van der Waals surface area (Å²) in [6.07, 6.45) is 2.67. The van der Waals surface area contributed by atoms with E-state index in [0.29, 0.717) is 22.8 Å². The summed E-state index contributed by atoms with van der Waals surface area (Å²) in [5.74, 6) is 0.945. The van der Waals surface area contributed by atoms with Crippen molar-refractivity contribution in [3.63, 3.8) is 0 Å². The van der Waals surface area contributed by atoms with Crippen molar-refractivity contribution < 1.29 is 9.13 Å². The zero-order chi connectivity index (χ0) is 14.8. The largest absolute Gasteiger partial charge is 0.494 e. The Kier molecular flexibility index (Phi) is 3.35. The standard InChI is InChI=1S/C15H13FN4O/c1-17-15-11-5-9(12-4-3-10(16)7-18-12)6-13(21-2)14(11)19-8-20-15/h3-8H,1-2H3,(H,17,19,20). The van der Waals surface area contributed by atoms with E-state index >= 15 is 0 Å². The number of hydrogen-bond donors (Lipinski definition) is 1. The third-order valence-electron chi connectivity index (χ3n) is 3.18. The number of hydrogen-bond acceptors (Lipinski definition) is 5. The first-order valence-electron chi connectivity index (χ1n) is 6.35. The number of anilines is 1. The highest BCUT2D eigenvalue weighted by Gasteiger charge is 2.11. The number of benzene rings is 1. The van der Waals surface area contributed by atoms with Gasteiger partial charge in [0.05, 0.1) is 19.0 Å². The molecule has 3 aromatic rings. The summed E-state index contributed by atoms with van der Waals surface area (Å²) in [4.78, 5) is 12.5. The molecule has 0 radical (unpaired) electrons. The van der Waals surface area contributed by atoms with E-state index in [1.54, 1.807) is 20.2 Å². The number of methoxy groups -OCH3 is 1. The lowest BCUT2D eigenvalue weighted by atomic mass is 10.1. The summed E-state index contributed by atoms with van der Waals surface area (Å²) < 4.78 is 18.4. The topological polar surface area (TPSA) is 59.9 Å². The first-order chi connectivity index (χ1) is 10.2. The number of halogens is 1. The average molecular weight is 284 g/mol. The van der Waals surface area contributed by atoms with E-state index in [4.69, 9.17) is 4.74 Å². The van der Waals surface area contributed by atoms with E-state index < -0.39 is 0 Å². The fourth-order valence-electron chi connectivity index (χ4n) is 2.18. The molecule has 0 unspecified atom stereocenters. The molecule has 21 heavy (non-hydrogen) atoms. The Morgan fingerprint density at radius 1 is 1.14 bits per heavy atom. The number of pyridine rings is 1. The Bertz CT molecular complexity index is 790. The van der Waals surface area contributed by atoms with Crippen LogP contribution in [0, 0.1) is 5.82 Å². The summed E-state index contributed by atoms with van der Waals surface area (Å²) in [5, 5.41) is 3.84. The quantitative estimate of drug-likeness (QED) is 0.801. The smallest absolute Gasteiger partial charge is 0.145 e. The van der Waals surface area contributed by atoms with Gasteiger partial charge in [0.1, 0.15) is 29.2 Å². The molecule has 0 spiro atoms. The van der Waals surface area contributed by atoms with Crippen molar-refractivity contribution >= 4 is 16.7 Å². The van der Waals surface area contributed by atoms with Gasteiger partial charge >= 0.3 is 0 Å². The van der Waals surface area contributed by atoms with Crippen molar-refractivity contribution in [2.24, 2.45) is 0 Å². The van der Waals surface area contributed by atoms with E-state index in [2.05, 4.69) is 20.3 Å². The third kappa shape index (κ3) is 2.35. The highest BCUT2D eigenvalue weighted by Crippen LogP contribution is 2.33. The monoisotopic (exact) mass is 284 g/mol. The molecule has 0 amide bonds. The first kappa shape index (κ1) is 13.2. The predicted molar refractivity (Wildman–Crippen MR) is 78.8 cm³/mol. The summed E-state index contributed by atoms with van der Waals surface area (Å²) in [5.41, 5.74) is 2.18.